The van der Waals surface area contributed by atoms with Crippen LogP contribution in [-0.2, 0) is 14.3 Å². The van der Waals surface area contributed by atoms with Crippen LogP contribution in [0.1, 0.15) is 57.9 Å². The second-order valence-corrected chi connectivity index (χ2v) is 12.7. The maximum absolute atomic E-state index is 14.3. The lowest BCUT2D eigenvalue weighted by Gasteiger charge is -2.72. The monoisotopic (exact) mass is 474 g/mol. The van der Waals surface area contributed by atoms with E-state index in [1.165, 1.54) is 0 Å². The van der Waals surface area contributed by atoms with Crippen LogP contribution in [0.5, 0.6) is 0 Å². The summed E-state index contributed by atoms with van der Waals surface area (Å²) in [6.07, 6.45) is 0.544. The summed E-state index contributed by atoms with van der Waals surface area (Å²) in [7, 11) is 0. The lowest BCUT2D eigenvalue weighted by atomic mass is 9.33. The van der Waals surface area contributed by atoms with E-state index in [9.17, 15) is 25.2 Å². The van der Waals surface area contributed by atoms with E-state index in [2.05, 4.69) is 6.92 Å². The summed E-state index contributed by atoms with van der Waals surface area (Å²) in [5.41, 5.74) is -3.21. The molecule has 6 fully saturated rings. The molecule has 13 atom stereocenters. The Balaban J connectivity index is 1.42. The van der Waals surface area contributed by atoms with Crippen molar-refractivity contribution < 1.29 is 39.1 Å². The van der Waals surface area contributed by atoms with Crippen LogP contribution in [0, 0.1) is 33.5 Å². The lowest BCUT2D eigenvalue weighted by Crippen LogP contribution is -2.80. The average molecular weight is 475 g/mol. The van der Waals surface area contributed by atoms with Gasteiger partial charge in [-0.1, -0.05) is 20.8 Å². The molecule has 2 bridgehead atoms. The number of hydrogen-bond donors (Lipinski definition) is 4. The largest absolute Gasteiger partial charge is 0.472 e. The van der Waals surface area contributed by atoms with Crippen molar-refractivity contribution in [2.45, 2.75) is 88.7 Å². The van der Waals surface area contributed by atoms with Gasteiger partial charge in [0.2, 0.25) is 0 Å². The summed E-state index contributed by atoms with van der Waals surface area (Å²) in [6.45, 7) is 5.86. The number of hydrogen-bond acceptors (Lipinski definition) is 8. The number of Topliss-reactive ketones (excluding diaryl/α,β-unsaturated/α-hetero) is 1. The zero-order chi connectivity index (χ0) is 24.1. The molecule has 0 radical (unpaired) electrons. The first kappa shape index (κ1) is 21.9. The minimum atomic E-state index is -1.23. The predicted octanol–water partition coefficient (Wildman–Crippen LogP) is 1.35. The van der Waals surface area contributed by atoms with Crippen molar-refractivity contribution in [3.63, 3.8) is 0 Å². The molecule has 2 aliphatic heterocycles. The number of aliphatic hydroxyl groups is 4. The average Bonchev–Trinajstić information content (AvgIpc) is 3.15. The van der Waals surface area contributed by atoms with Gasteiger partial charge in [-0.25, -0.2) is 0 Å². The second-order valence-electron chi connectivity index (χ2n) is 12.7. The SMILES string of the molecule is CC12C(O)CC(O)C3(COC1O)C2CC(O)C1(C)C3C(=O)CC2(C)C(c3ccoc3)CC3OC321. The summed E-state index contributed by atoms with van der Waals surface area (Å²) in [5, 5.41) is 45.2. The summed E-state index contributed by atoms with van der Waals surface area (Å²) >= 11 is 0. The Morgan fingerprint density at radius 2 is 1.76 bits per heavy atom. The molecule has 13 unspecified atom stereocenters. The molecule has 0 aromatic carbocycles. The van der Waals surface area contributed by atoms with Gasteiger partial charge in [0, 0.05) is 40.4 Å². The first-order valence-electron chi connectivity index (χ1n) is 12.6. The lowest BCUT2D eigenvalue weighted by molar-refractivity contribution is -0.371. The van der Waals surface area contributed by atoms with Gasteiger partial charge < -0.3 is 34.3 Å². The summed E-state index contributed by atoms with van der Waals surface area (Å²) in [5.74, 6) is -1.10. The standard InChI is InChI=1S/C26H34O8/c1-22-9-14(27)20-24(3,26(22)19(34-26)6-13(22)12-4-5-32-10-12)17(29)7-15-23(2)16(28)8-18(30)25(15,20)11-33-21(23)31/h4-5,10,13,15-21,28-31H,6-9,11H2,1-3H3. The van der Waals surface area contributed by atoms with Crippen LogP contribution in [0.2, 0.25) is 0 Å². The van der Waals surface area contributed by atoms with Crippen molar-refractivity contribution >= 4 is 5.78 Å². The van der Waals surface area contributed by atoms with E-state index in [-0.39, 0.29) is 43.7 Å². The highest BCUT2D eigenvalue weighted by atomic mass is 16.6. The summed E-state index contributed by atoms with van der Waals surface area (Å²) < 4.78 is 17.7. The van der Waals surface area contributed by atoms with Gasteiger partial charge in [-0.15, -0.1) is 0 Å². The Bertz CT molecular complexity index is 1060. The predicted molar refractivity (Wildman–Crippen MR) is 116 cm³/mol. The molecule has 6 aliphatic rings. The molecule has 1 spiro atoms. The number of aliphatic hydroxyl groups excluding tert-OH is 4. The highest BCUT2D eigenvalue weighted by Gasteiger charge is 2.89. The number of ketones is 1. The van der Waals surface area contributed by atoms with E-state index in [0.717, 1.165) is 12.0 Å². The van der Waals surface area contributed by atoms with Crippen molar-refractivity contribution in [1.82, 2.24) is 0 Å². The van der Waals surface area contributed by atoms with Gasteiger partial charge in [0.15, 0.2) is 6.29 Å². The van der Waals surface area contributed by atoms with E-state index in [0.29, 0.717) is 0 Å². The number of carbonyl (C=O) groups is 1. The molecule has 4 N–H and O–H groups in total. The molecule has 8 nitrogen and oxygen atoms in total. The number of fused-ring (bicyclic) bond motifs is 1. The van der Waals surface area contributed by atoms with Gasteiger partial charge in [0.05, 0.1) is 43.5 Å². The Kier molecular flexibility index (Phi) is 3.97. The molecule has 1 aromatic heterocycles. The van der Waals surface area contributed by atoms with Gasteiger partial charge in [0.25, 0.3) is 0 Å². The van der Waals surface area contributed by atoms with Gasteiger partial charge in [-0.05, 0) is 36.3 Å². The number of ether oxygens (including phenoxy) is 2. The zero-order valence-corrected chi connectivity index (χ0v) is 19.8. The molecule has 7 rings (SSSR count). The Hall–Kier alpha value is -1.29. The quantitative estimate of drug-likeness (QED) is 0.449. The van der Waals surface area contributed by atoms with Crippen molar-refractivity contribution in [2.75, 3.05) is 6.61 Å². The van der Waals surface area contributed by atoms with E-state index in [1.807, 2.05) is 13.0 Å². The summed E-state index contributed by atoms with van der Waals surface area (Å²) in [4.78, 5) is 14.3. The fourth-order valence-corrected chi connectivity index (χ4v) is 10.4. The van der Waals surface area contributed by atoms with E-state index >= 15 is 0 Å². The molecule has 4 saturated carbocycles. The fourth-order valence-electron chi connectivity index (χ4n) is 10.4. The van der Waals surface area contributed by atoms with Crippen LogP contribution in [-0.4, -0.2) is 69.1 Å². The van der Waals surface area contributed by atoms with Crippen LogP contribution >= 0.6 is 0 Å². The number of carbonyl (C=O) groups excluding carboxylic acids is 1. The van der Waals surface area contributed by atoms with Crippen molar-refractivity contribution in [3.05, 3.63) is 24.2 Å². The molecule has 4 aliphatic carbocycles. The highest BCUT2D eigenvalue weighted by Crippen LogP contribution is 2.82. The Labute approximate surface area is 198 Å². The van der Waals surface area contributed by atoms with Crippen molar-refractivity contribution in [3.8, 4) is 0 Å². The first-order valence-corrected chi connectivity index (χ1v) is 12.6. The minimum absolute atomic E-state index is 0.00167. The summed E-state index contributed by atoms with van der Waals surface area (Å²) in [6, 6.07) is 1.95. The zero-order valence-electron chi connectivity index (χ0n) is 19.8. The van der Waals surface area contributed by atoms with Crippen LogP contribution in [0.25, 0.3) is 0 Å². The third kappa shape index (κ3) is 1.96. The molecule has 3 heterocycles. The van der Waals surface area contributed by atoms with Crippen LogP contribution < -0.4 is 0 Å². The van der Waals surface area contributed by atoms with Gasteiger partial charge in [-0.2, -0.15) is 0 Å². The maximum atomic E-state index is 14.3. The topological polar surface area (TPSA) is 133 Å². The van der Waals surface area contributed by atoms with Crippen LogP contribution in [0.15, 0.2) is 23.0 Å². The second kappa shape index (κ2) is 6.15. The van der Waals surface area contributed by atoms with Crippen molar-refractivity contribution in [2.24, 2.45) is 33.5 Å². The minimum Gasteiger partial charge on any atom is -0.472 e. The van der Waals surface area contributed by atoms with Crippen LogP contribution in [0.4, 0.5) is 0 Å². The number of epoxide rings is 1. The molecule has 1 aromatic rings. The molecule has 34 heavy (non-hydrogen) atoms. The third-order valence-electron chi connectivity index (χ3n) is 11.9. The van der Waals surface area contributed by atoms with Gasteiger partial charge in [0.1, 0.15) is 11.4 Å². The van der Waals surface area contributed by atoms with E-state index < -0.39 is 63.7 Å². The van der Waals surface area contributed by atoms with Gasteiger partial charge >= 0.3 is 0 Å². The Morgan fingerprint density at radius 3 is 2.47 bits per heavy atom. The first-order chi connectivity index (χ1) is 16.0. The van der Waals surface area contributed by atoms with E-state index in [1.54, 1.807) is 19.5 Å². The van der Waals surface area contributed by atoms with Crippen molar-refractivity contribution in [1.29, 1.82) is 0 Å². The maximum Gasteiger partial charge on any atom is 0.162 e. The van der Waals surface area contributed by atoms with Gasteiger partial charge in [-0.3, -0.25) is 4.79 Å². The molecule has 186 valence electrons. The molecule has 0 amide bonds. The molecular formula is C26H34O8. The number of furan rings is 1. The molecule has 8 heteroatoms. The third-order valence-corrected chi connectivity index (χ3v) is 11.9. The van der Waals surface area contributed by atoms with E-state index in [4.69, 9.17) is 13.9 Å². The smallest absolute Gasteiger partial charge is 0.162 e. The molecular weight excluding hydrogens is 440 g/mol. The Morgan fingerprint density at radius 1 is 1.00 bits per heavy atom. The molecule has 2 saturated heterocycles. The normalized spacial score (nSPS) is 61.8. The highest BCUT2D eigenvalue weighted by molar-refractivity contribution is 5.87. The van der Waals surface area contributed by atoms with Crippen LogP contribution in [0.3, 0.4) is 0 Å². The fraction of sp³-hybridized carbons (Fsp3) is 0.808. The number of rotatable bonds is 1.